The van der Waals surface area contributed by atoms with E-state index in [4.69, 9.17) is 0 Å². The quantitative estimate of drug-likeness (QED) is 0.625. The zero-order valence-electron chi connectivity index (χ0n) is 9.06. The van der Waals surface area contributed by atoms with Gasteiger partial charge in [-0.25, -0.2) is 0 Å². The van der Waals surface area contributed by atoms with Crippen LogP contribution in [0.25, 0.3) is 0 Å². The predicted molar refractivity (Wildman–Crippen MR) is 54.3 cm³/mol. The Balaban J connectivity index is 2.15. The van der Waals surface area contributed by atoms with E-state index in [0.29, 0.717) is 5.41 Å². The molecule has 72 valence electrons. The van der Waals surface area contributed by atoms with Gasteiger partial charge in [0.25, 0.3) is 0 Å². The van der Waals surface area contributed by atoms with Gasteiger partial charge in [-0.15, -0.1) is 0 Å². The highest BCUT2D eigenvalue weighted by molar-refractivity contribution is 4.89. The second kappa shape index (κ2) is 3.78. The summed E-state index contributed by atoms with van der Waals surface area (Å²) >= 11 is 0. The molecule has 0 spiro atoms. The number of rotatable bonds is 4. The summed E-state index contributed by atoms with van der Waals surface area (Å²) in [5.41, 5.74) is 0.651. The Morgan fingerprint density at radius 3 is 2.42 bits per heavy atom. The maximum Gasteiger partial charge on any atom is 0.00448 e. The Morgan fingerprint density at radius 2 is 2.00 bits per heavy atom. The fourth-order valence-electron chi connectivity index (χ4n) is 2.21. The van der Waals surface area contributed by atoms with E-state index in [0.717, 1.165) is 5.92 Å². The van der Waals surface area contributed by atoms with Crippen molar-refractivity contribution in [3.05, 3.63) is 0 Å². The molecule has 0 aliphatic carbocycles. The summed E-state index contributed by atoms with van der Waals surface area (Å²) in [7, 11) is 2.21. The van der Waals surface area contributed by atoms with Crippen molar-refractivity contribution in [3.63, 3.8) is 0 Å². The fourth-order valence-corrected chi connectivity index (χ4v) is 2.21. The normalized spacial score (nSPS) is 25.0. The van der Waals surface area contributed by atoms with Crippen LogP contribution in [0.15, 0.2) is 0 Å². The van der Waals surface area contributed by atoms with Crippen molar-refractivity contribution in [2.24, 2.45) is 11.3 Å². The molecule has 1 atom stereocenters. The van der Waals surface area contributed by atoms with Crippen molar-refractivity contribution >= 4 is 0 Å². The number of likely N-dealkylation sites (tertiary alicyclic amines) is 1. The molecule has 1 aliphatic heterocycles. The van der Waals surface area contributed by atoms with Crippen molar-refractivity contribution in [3.8, 4) is 0 Å². The second-order valence-electron chi connectivity index (χ2n) is 5.04. The second-order valence-corrected chi connectivity index (χ2v) is 5.04. The van der Waals surface area contributed by atoms with Crippen LogP contribution >= 0.6 is 0 Å². The largest absolute Gasteiger partial charge is 0.305 e. The summed E-state index contributed by atoms with van der Waals surface area (Å²) in [5, 5.41) is 0. The van der Waals surface area contributed by atoms with Crippen molar-refractivity contribution in [1.29, 1.82) is 0 Å². The van der Waals surface area contributed by atoms with Gasteiger partial charge >= 0.3 is 0 Å². The van der Waals surface area contributed by atoms with Crippen molar-refractivity contribution in [1.82, 2.24) is 4.90 Å². The minimum atomic E-state index is 0.651. The first kappa shape index (κ1) is 10.0. The van der Waals surface area contributed by atoms with E-state index in [1.165, 1.54) is 32.4 Å². The van der Waals surface area contributed by atoms with Crippen LogP contribution in [0.5, 0.6) is 0 Å². The zero-order valence-corrected chi connectivity index (χ0v) is 9.06. The van der Waals surface area contributed by atoms with Gasteiger partial charge in [-0.2, -0.15) is 0 Å². The molecule has 0 aromatic rings. The van der Waals surface area contributed by atoms with Gasteiger partial charge in [0.2, 0.25) is 0 Å². The smallest absolute Gasteiger partial charge is 0.00448 e. The molecule has 0 amide bonds. The Morgan fingerprint density at radius 1 is 1.42 bits per heavy atom. The zero-order chi connectivity index (χ0) is 9.19. The van der Waals surface area contributed by atoms with Crippen LogP contribution in [0.3, 0.4) is 0 Å². The Kier molecular flexibility index (Phi) is 3.16. The van der Waals surface area contributed by atoms with Gasteiger partial charge < -0.3 is 4.90 Å². The average Bonchev–Trinajstić information content (AvgIpc) is 1.98. The van der Waals surface area contributed by atoms with E-state index in [9.17, 15) is 0 Å². The molecule has 0 radical (unpaired) electrons. The summed E-state index contributed by atoms with van der Waals surface area (Å²) < 4.78 is 0. The van der Waals surface area contributed by atoms with E-state index in [1.807, 2.05) is 0 Å². The Labute approximate surface area is 77.1 Å². The van der Waals surface area contributed by atoms with Crippen LogP contribution in [0.4, 0.5) is 0 Å². The summed E-state index contributed by atoms with van der Waals surface area (Å²) in [6.45, 7) is 9.70. The third-order valence-corrected chi connectivity index (χ3v) is 3.24. The Bertz CT molecular complexity index is 136. The maximum atomic E-state index is 2.43. The van der Waals surface area contributed by atoms with Crippen LogP contribution in [0.1, 0.15) is 40.0 Å². The highest BCUT2D eigenvalue weighted by Crippen LogP contribution is 2.34. The lowest BCUT2D eigenvalue weighted by Gasteiger charge is -2.46. The lowest BCUT2D eigenvalue weighted by molar-refractivity contribution is 0.0265. The number of nitrogens with zero attached hydrogens (tertiary/aromatic N) is 1. The third-order valence-electron chi connectivity index (χ3n) is 3.24. The van der Waals surface area contributed by atoms with Crippen LogP contribution in [-0.2, 0) is 0 Å². The van der Waals surface area contributed by atoms with Crippen LogP contribution < -0.4 is 0 Å². The maximum absolute atomic E-state index is 2.43. The predicted octanol–water partition coefficient (Wildman–Crippen LogP) is 2.76. The fraction of sp³-hybridized carbons (Fsp3) is 1.00. The van der Waals surface area contributed by atoms with Gasteiger partial charge in [-0.05, 0) is 24.8 Å². The molecule has 1 aliphatic rings. The summed E-state index contributed by atoms with van der Waals surface area (Å²) in [4.78, 5) is 2.41. The molecule has 1 heteroatoms. The molecule has 1 fully saturated rings. The average molecular weight is 169 g/mol. The molecule has 0 bridgehead atoms. The lowest BCUT2D eigenvalue weighted by Crippen LogP contribution is -2.52. The molecule has 1 heterocycles. The van der Waals surface area contributed by atoms with E-state index < -0.39 is 0 Å². The SMILES string of the molecule is CCC(C)CCC1(C)CN(C)C1. The molecular weight excluding hydrogens is 146 g/mol. The molecule has 0 aromatic carbocycles. The first-order valence-electron chi connectivity index (χ1n) is 5.24. The molecular formula is C11H23N. The van der Waals surface area contributed by atoms with Crippen LogP contribution in [-0.4, -0.2) is 25.0 Å². The van der Waals surface area contributed by atoms with Gasteiger partial charge in [0, 0.05) is 13.1 Å². The molecule has 0 aromatic heterocycles. The van der Waals surface area contributed by atoms with Crippen LogP contribution in [0, 0.1) is 11.3 Å². The summed E-state index contributed by atoms with van der Waals surface area (Å²) in [6, 6.07) is 0. The van der Waals surface area contributed by atoms with Gasteiger partial charge in [0.1, 0.15) is 0 Å². The van der Waals surface area contributed by atoms with Crippen molar-refractivity contribution < 1.29 is 0 Å². The van der Waals surface area contributed by atoms with Gasteiger partial charge in [-0.1, -0.05) is 33.6 Å². The summed E-state index contributed by atoms with van der Waals surface area (Å²) in [5.74, 6) is 0.924. The molecule has 0 saturated carbocycles. The number of hydrogen-bond donors (Lipinski definition) is 0. The summed E-state index contributed by atoms with van der Waals surface area (Å²) in [6.07, 6.45) is 4.18. The first-order valence-corrected chi connectivity index (χ1v) is 5.24. The van der Waals surface area contributed by atoms with Gasteiger partial charge in [0.15, 0.2) is 0 Å². The lowest BCUT2D eigenvalue weighted by atomic mass is 9.76. The molecule has 1 unspecified atom stereocenters. The minimum absolute atomic E-state index is 0.651. The Hall–Kier alpha value is -0.0400. The molecule has 1 rings (SSSR count). The van der Waals surface area contributed by atoms with Crippen molar-refractivity contribution in [2.45, 2.75) is 40.0 Å². The van der Waals surface area contributed by atoms with E-state index in [-0.39, 0.29) is 0 Å². The third kappa shape index (κ3) is 2.48. The molecule has 1 nitrogen and oxygen atoms in total. The molecule has 12 heavy (non-hydrogen) atoms. The highest BCUT2D eigenvalue weighted by atomic mass is 15.2. The van der Waals surface area contributed by atoms with E-state index in [2.05, 4.69) is 32.7 Å². The first-order chi connectivity index (χ1) is 5.56. The van der Waals surface area contributed by atoms with Crippen molar-refractivity contribution in [2.75, 3.05) is 20.1 Å². The standard InChI is InChI=1S/C11H23N/c1-5-10(2)6-7-11(3)8-12(4)9-11/h10H,5-9H2,1-4H3. The van der Waals surface area contributed by atoms with E-state index in [1.54, 1.807) is 0 Å². The monoisotopic (exact) mass is 169 g/mol. The van der Waals surface area contributed by atoms with E-state index >= 15 is 0 Å². The minimum Gasteiger partial charge on any atom is -0.305 e. The molecule has 0 N–H and O–H groups in total. The number of hydrogen-bond acceptors (Lipinski definition) is 1. The van der Waals surface area contributed by atoms with Gasteiger partial charge in [-0.3, -0.25) is 0 Å². The highest BCUT2D eigenvalue weighted by Gasteiger charge is 2.35. The van der Waals surface area contributed by atoms with Gasteiger partial charge in [0.05, 0.1) is 0 Å². The van der Waals surface area contributed by atoms with Crippen LogP contribution in [0.2, 0.25) is 0 Å². The topological polar surface area (TPSA) is 3.24 Å². The molecule has 1 saturated heterocycles.